The first-order valence-electron chi connectivity index (χ1n) is 8.15. The number of rotatable bonds is 6. The molecule has 0 unspecified atom stereocenters. The van der Waals surface area contributed by atoms with E-state index in [-0.39, 0.29) is 22.8 Å². The average Bonchev–Trinajstić information content (AvgIpc) is 3.20. The number of nitrogens with one attached hydrogen (secondary N) is 1. The van der Waals surface area contributed by atoms with Crippen LogP contribution in [0.3, 0.4) is 0 Å². The van der Waals surface area contributed by atoms with Crippen LogP contribution in [0.2, 0.25) is 5.02 Å². The van der Waals surface area contributed by atoms with E-state index in [9.17, 15) is 18.0 Å². The summed E-state index contributed by atoms with van der Waals surface area (Å²) >= 11 is 5.84. The van der Waals surface area contributed by atoms with Gasteiger partial charge in [-0.25, -0.2) is 18.4 Å². The number of benzene rings is 1. The van der Waals surface area contributed by atoms with Crippen molar-refractivity contribution in [3.8, 4) is 0 Å². The van der Waals surface area contributed by atoms with E-state index in [0.29, 0.717) is 11.3 Å². The molecule has 2 heterocycles. The molecule has 0 saturated carbocycles. The molecule has 10 nitrogen and oxygen atoms in total. The second kappa shape index (κ2) is 9.87. The second-order valence-corrected chi connectivity index (χ2v) is 7.65. The standard InChI is InChI=1S/C12H11ClN2O5S.C6H6N2O/c13-9-5-10(15-6-7-2-1-3-20-7)8(12(16)17)4-11(9)21(14,18)19;7-6(9)5-1-3-8-4-2-5/h1-5,15H,6H2,(H,16,17)(H2,14,18,19);1-4H,(H2,7,9). The molecule has 0 radical (unpaired) electrons. The van der Waals surface area contributed by atoms with Crippen molar-refractivity contribution in [2.75, 3.05) is 5.32 Å². The highest BCUT2D eigenvalue weighted by Crippen LogP contribution is 2.28. The molecule has 0 bridgehead atoms. The Kier molecular flexibility index (Phi) is 7.53. The Balaban J connectivity index is 0.000000297. The van der Waals surface area contributed by atoms with Crippen LogP contribution in [0.4, 0.5) is 5.69 Å². The third-order valence-electron chi connectivity index (χ3n) is 3.61. The van der Waals surface area contributed by atoms with Crippen molar-refractivity contribution in [3.05, 3.63) is 77.0 Å². The molecule has 3 rings (SSSR count). The monoisotopic (exact) mass is 452 g/mol. The number of nitrogens with two attached hydrogens (primary N) is 2. The number of hydrogen-bond acceptors (Lipinski definition) is 7. The third-order valence-corrected chi connectivity index (χ3v) is 4.98. The maximum Gasteiger partial charge on any atom is 0.337 e. The van der Waals surface area contributed by atoms with Gasteiger partial charge in [0, 0.05) is 18.0 Å². The minimum absolute atomic E-state index is 0.163. The minimum atomic E-state index is -4.11. The molecule has 6 N–H and O–H groups in total. The molecule has 12 heteroatoms. The molecule has 0 atom stereocenters. The maximum absolute atomic E-state index is 11.3. The van der Waals surface area contributed by atoms with Crippen molar-refractivity contribution in [2.24, 2.45) is 10.9 Å². The predicted molar refractivity (Wildman–Crippen MR) is 109 cm³/mol. The number of carbonyl (C=O) groups excluding carboxylic acids is 1. The smallest absolute Gasteiger partial charge is 0.337 e. The summed E-state index contributed by atoms with van der Waals surface area (Å²) in [5.74, 6) is -1.14. The first kappa shape index (κ1) is 22.9. The Hall–Kier alpha value is -3.41. The van der Waals surface area contributed by atoms with Gasteiger partial charge >= 0.3 is 5.97 Å². The van der Waals surface area contributed by atoms with Crippen LogP contribution in [0.15, 0.2) is 64.4 Å². The zero-order valence-corrected chi connectivity index (χ0v) is 16.9. The van der Waals surface area contributed by atoms with Crippen LogP contribution >= 0.6 is 11.6 Å². The lowest BCUT2D eigenvalue weighted by atomic mass is 10.1. The Morgan fingerprint density at radius 2 is 1.87 bits per heavy atom. The fraction of sp³-hybridized carbons (Fsp3) is 0.0556. The first-order chi connectivity index (χ1) is 14.1. The van der Waals surface area contributed by atoms with E-state index in [1.165, 1.54) is 24.7 Å². The zero-order valence-electron chi connectivity index (χ0n) is 15.3. The fourth-order valence-electron chi connectivity index (χ4n) is 2.21. The van der Waals surface area contributed by atoms with Gasteiger partial charge in [-0.3, -0.25) is 9.78 Å². The number of sulfonamides is 1. The minimum Gasteiger partial charge on any atom is -0.478 e. The third kappa shape index (κ3) is 6.30. The summed E-state index contributed by atoms with van der Waals surface area (Å²) in [4.78, 5) is 24.9. The van der Waals surface area contributed by atoms with Crippen molar-refractivity contribution in [1.82, 2.24) is 4.98 Å². The lowest BCUT2D eigenvalue weighted by molar-refractivity contribution is 0.0697. The second-order valence-electron chi connectivity index (χ2n) is 5.71. The molecule has 0 aliphatic carbocycles. The molecule has 2 aromatic heterocycles. The number of anilines is 1. The number of hydrogen-bond donors (Lipinski definition) is 4. The van der Waals surface area contributed by atoms with Crippen molar-refractivity contribution in [1.29, 1.82) is 0 Å². The van der Waals surface area contributed by atoms with E-state index in [4.69, 9.17) is 32.0 Å². The van der Waals surface area contributed by atoms with E-state index in [1.807, 2.05) is 0 Å². The number of furan rings is 1. The highest BCUT2D eigenvalue weighted by Gasteiger charge is 2.20. The Morgan fingerprint density at radius 1 is 1.20 bits per heavy atom. The molecule has 3 aromatic rings. The quantitative estimate of drug-likeness (QED) is 0.438. The van der Waals surface area contributed by atoms with Gasteiger partial charge in [-0.15, -0.1) is 0 Å². The van der Waals surface area contributed by atoms with E-state index >= 15 is 0 Å². The van der Waals surface area contributed by atoms with Gasteiger partial charge in [0.15, 0.2) is 0 Å². The zero-order chi connectivity index (χ0) is 22.3. The molecular formula is C18H17ClN4O6S. The van der Waals surface area contributed by atoms with E-state index in [2.05, 4.69) is 10.3 Å². The van der Waals surface area contributed by atoms with Gasteiger partial charge in [0.25, 0.3) is 0 Å². The highest BCUT2D eigenvalue weighted by atomic mass is 35.5. The highest BCUT2D eigenvalue weighted by molar-refractivity contribution is 7.89. The Labute approximate surface area is 176 Å². The van der Waals surface area contributed by atoms with E-state index in [1.54, 1.807) is 24.3 Å². The van der Waals surface area contributed by atoms with Crippen molar-refractivity contribution < 1.29 is 27.5 Å². The summed E-state index contributed by atoms with van der Waals surface area (Å²) in [5.41, 5.74) is 5.35. The fourth-order valence-corrected chi connectivity index (χ4v) is 3.31. The maximum atomic E-state index is 11.3. The van der Waals surface area contributed by atoms with Crippen molar-refractivity contribution in [3.63, 3.8) is 0 Å². The van der Waals surface area contributed by atoms with Crippen LogP contribution in [0.5, 0.6) is 0 Å². The number of carboxylic acids is 1. The van der Waals surface area contributed by atoms with Crippen LogP contribution < -0.4 is 16.2 Å². The lowest BCUT2D eigenvalue weighted by Gasteiger charge is -2.11. The first-order valence-corrected chi connectivity index (χ1v) is 10.1. The molecular weight excluding hydrogens is 436 g/mol. The summed E-state index contributed by atoms with van der Waals surface area (Å²) in [7, 11) is -4.11. The Bertz CT molecular complexity index is 1130. The topological polar surface area (TPSA) is 179 Å². The van der Waals surface area contributed by atoms with Gasteiger partial charge in [-0.2, -0.15) is 0 Å². The molecule has 0 spiro atoms. The van der Waals surface area contributed by atoms with Gasteiger partial charge in [-0.1, -0.05) is 11.6 Å². The number of halogens is 1. The van der Waals surface area contributed by atoms with Crippen LogP contribution in [0.25, 0.3) is 0 Å². The van der Waals surface area contributed by atoms with Crippen molar-refractivity contribution >= 4 is 39.2 Å². The lowest BCUT2D eigenvalue weighted by Crippen LogP contribution is -2.15. The normalized spacial score (nSPS) is 10.6. The number of primary amides is 1. The number of amides is 1. The summed E-state index contributed by atoms with van der Waals surface area (Å²) in [5, 5.41) is 16.8. The van der Waals surface area contributed by atoms with Crippen LogP contribution in [0.1, 0.15) is 26.5 Å². The van der Waals surface area contributed by atoms with Crippen molar-refractivity contribution in [2.45, 2.75) is 11.4 Å². The number of pyridine rings is 1. The number of nitrogens with zero attached hydrogens (tertiary/aromatic N) is 1. The van der Waals surface area contributed by atoms with Gasteiger partial charge in [0.2, 0.25) is 15.9 Å². The summed E-state index contributed by atoms with van der Waals surface area (Å²) in [6.45, 7) is 0.221. The molecule has 0 fully saturated rings. The summed E-state index contributed by atoms with van der Waals surface area (Å²) in [6, 6.07) is 8.66. The van der Waals surface area contributed by atoms with Gasteiger partial charge < -0.3 is 20.6 Å². The largest absolute Gasteiger partial charge is 0.478 e. The summed E-state index contributed by atoms with van der Waals surface area (Å²) in [6.07, 6.45) is 4.53. The van der Waals surface area contributed by atoms with E-state index < -0.39 is 26.8 Å². The predicted octanol–water partition coefficient (Wildman–Crippen LogP) is 2.07. The van der Waals surface area contributed by atoms with Gasteiger partial charge in [-0.05, 0) is 36.4 Å². The van der Waals surface area contributed by atoms with Crippen LogP contribution in [0, 0.1) is 0 Å². The van der Waals surface area contributed by atoms with E-state index in [0.717, 1.165) is 6.07 Å². The number of carbonyl (C=O) groups is 2. The molecule has 1 aromatic carbocycles. The van der Waals surface area contributed by atoms with Crippen LogP contribution in [-0.2, 0) is 16.6 Å². The number of aromatic nitrogens is 1. The van der Waals surface area contributed by atoms with Crippen LogP contribution in [-0.4, -0.2) is 30.4 Å². The SMILES string of the molecule is NC(=O)c1ccncc1.NS(=O)(=O)c1cc(C(=O)O)c(NCc2ccco2)cc1Cl. The number of aromatic carboxylic acids is 1. The molecule has 0 saturated heterocycles. The van der Waals surface area contributed by atoms with Gasteiger partial charge in [0.05, 0.1) is 29.1 Å². The molecule has 30 heavy (non-hydrogen) atoms. The molecule has 158 valence electrons. The summed E-state index contributed by atoms with van der Waals surface area (Å²) < 4.78 is 27.8. The molecule has 1 amide bonds. The van der Waals surface area contributed by atoms with Gasteiger partial charge in [0.1, 0.15) is 10.7 Å². The Morgan fingerprint density at radius 3 is 2.33 bits per heavy atom. The number of carboxylic acid groups (broad SMARTS) is 1. The molecule has 0 aliphatic heterocycles. The average molecular weight is 453 g/mol. The number of primary sulfonamides is 1. The molecule has 0 aliphatic rings.